The van der Waals surface area contributed by atoms with Gasteiger partial charge in [-0.2, -0.15) is 0 Å². The van der Waals surface area contributed by atoms with Crippen molar-refractivity contribution in [2.45, 2.75) is 38.8 Å². The second-order valence-electron chi connectivity index (χ2n) is 4.93. The van der Waals surface area contributed by atoms with Crippen LogP contribution in [0.2, 0.25) is 0 Å². The van der Waals surface area contributed by atoms with E-state index in [0.29, 0.717) is 12.1 Å². The van der Waals surface area contributed by atoms with E-state index >= 15 is 0 Å². The lowest BCUT2D eigenvalue weighted by molar-refractivity contribution is 0.0752. The van der Waals surface area contributed by atoms with E-state index in [-0.39, 0.29) is 0 Å². The molecule has 0 amide bonds. The van der Waals surface area contributed by atoms with Crippen molar-refractivity contribution in [2.24, 2.45) is 0 Å². The maximum absolute atomic E-state index is 5.93. The number of anilines is 1. The Labute approximate surface area is 96.5 Å². The van der Waals surface area contributed by atoms with Crippen molar-refractivity contribution in [2.75, 3.05) is 5.06 Å². The largest absolute Gasteiger partial charge is 0.269 e. The molecule has 0 N–H and O–H groups in total. The smallest absolute Gasteiger partial charge is 0.0921 e. The first-order valence-corrected chi connectivity index (χ1v) is 5.93. The van der Waals surface area contributed by atoms with Gasteiger partial charge in [-0.1, -0.05) is 29.8 Å². The molecule has 2 aliphatic heterocycles. The van der Waals surface area contributed by atoms with Crippen LogP contribution in [-0.2, 0) is 11.3 Å². The molecule has 0 spiro atoms. The number of hydrogen-bond acceptors (Lipinski definition) is 2. The van der Waals surface area contributed by atoms with Crippen LogP contribution in [0.3, 0.4) is 0 Å². The van der Waals surface area contributed by atoms with Crippen LogP contribution >= 0.6 is 0 Å². The molecular formula is C14H17NO. The van der Waals surface area contributed by atoms with E-state index in [1.54, 1.807) is 0 Å². The summed E-state index contributed by atoms with van der Waals surface area (Å²) in [4.78, 5) is 5.93. The van der Waals surface area contributed by atoms with E-state index in [4.69, 9.17) is 4.84 Å². The number of hydroxylamine groups is 1. The number of nitrogens with zero attached hydrogens (tertiary/aromatic N) is 1. The molecule has 1 saturated heterocycles. The van der Waals surface area contributed by atoms with Crippen molar-refractivity contribution in [3.05, 3.63) is 41.5 Å². The molecule has 0 aliphatic carbocycles. The number of allylic oxidation sites excluding steroid dienone is 1. The zero-order valence-corrected chi connectivity index (χ0v) is 9.81. The van der Waals surface area contributed by atoms with Gasteiger partial charge in [-0.3, -0.25) is 4.84 Å². The molecular weight excluding hydrogens is 198 g/mol. The number of fused-ring (bicyclic) bond motifs is 4. The van der Waals surface area contributed by atoms with E-state index in [9.17, 15) is 0 Å². The zero-order valence-electron chi connectivity index (χ0n) is 9.81. The third-order valence-corrected chi connectivity index (χ3v) is 3.27. The predicted molar refractivity (Wildman–Crippen MR) is 65.3 cm³/mol. The highest BCUT2D eigenvalue weighted by Crippen LogP contribution is 2.38. The Morgan fingerprint density at radius 3 is 3.00 bits per heavy atom. The van der Waals surface area contributed by atoms with Gasteiger partial charge < -0.3 is 0 Å². The van der Waals surface area contributed by atoms with Crippen LogP contribution in [0.4, 0.5) is 5.69 Å². The molecule has 1 aromatic carbocycles. The van der Waals surface area contributed by atoms with Gasteiger partial charge in [-0.25, -0.2) is 5.06 Å². The van der Waals surface area contributed by atoms with E-state index in [1.807, 2.05) is 0 Å². The second kappa shape index (κ2) is 3.63. The fraction of sp³-hybridized carbons (Fsp3) is 0.429. The van der Waals surface area contributed by atoms with Gasteiger partial charge in [0.15, 0.2) is 0 Å². The molecule has 16 heavy (non-hydrogen) atoms. The van der Waals surface area contributed by atoms with Crippen LogP contribution < -0.4 is 5.06 Å². The van der Waals surface area contributed by atoms with Crippen molar-refractivity contribution in [1.29, 1.82) is 0 Å². The minimum Gasteiger partial charge on any atom is -0.269 e. The lowest BCUT2D eigenvalue weighted by Crippen LogP contribution is -2.30. The Hall–Kier alpha value is -1.28. The summed E-state index contributed by atoms with van der Waals surface area (Å²) in [6.45, 7) is 4.30. The third-order valence-electron chi connectivity index (χ3n) is 3.27. The Balaban J connectivity index is 1.99. The minimum absolute atomic E-state index is 0.371. The lowest BCUT2D eigenvalue weighted by Gasteiger charge is -2.29. The summed E-state index contributed by atoms with van der Waals surface area (Å²) >= 11 is 0. The maximum Gasteiger partial charge on any atom is 0.0921 e. The molecule has 0 unspecified atom stereocenters. The highest BCUT2D eigenvalue weighted by Gasteiger charge is 2.37. The van der Waals surface area contributed by atoms with Crippen molar-refractivity contribution < 1.29 is 4.84 Å². The summed E-state index contributed by atoms with van der Waals surface area (Å²) in [6, 6.07) is 8.98. The van der Waals surface area contributed by atoms with Crippen LogP contribution in [0, 0.1) is 0 Å². The van der Waals surface area contributed by atoms with Gasteiger partial charge in [0, 0.05) is 12.8 Å². The van der Waals surface area contributed by atoms with Crippen LogP contribution in [0.5, 0.6) is 0 Å². The monoisotopic (exact) mass is 215 g/mol. The summed E-state index contributed by atoms with van der Waals surface area (Å²) in [6.07, 6.45) is 4.84. The first-order valence-electron chi connectivity index (χ1n) is 5.93. The number of rotatable bonds is 1. The first kappa shape index (κ1) is 9.91. The number of benzene rings is 1. The van der Waals surface area contributed by atoms with E-state index in [2.05, 4.69) is 49.3 Å². The average Bonchev–Trinajstić information content (AvgIpc) is 2.56. The molecule has 2 heterocycles. The second-order valence-corrected chi connectivity index (χ2v) is 4.93. The summed E-state index contributed by atoms with van der Waals surface area (Å²) in [5.41, 5.74) is 4.03. The summed E-state index contributed by atoms with van der Waals surface area (Å²) in [5, 5.41) is 2.09. The van der Waals surface area contributed by atoms with Gasteiger partial charge in [0.25, 0.3) is 0 Å². The summed E-state index contributed by atoms with van der Waals surface area (Å²) < 4.78 is 0. The predicted octanol–water partition coefficient (Wildman–Crippen LogP) is 3.09. The molecule has 0 saturated carbocycles. The van der Waals surface area contributed by atoms with Crippen molar-refractivity contribution in [3.63, 3.8) is 0 Å². The molecule has 1 aromatic rings. The fourth-order valence-electron chi connectivity index (χ4n) is 2.67. The van der Waals surface area contributed by atoms with E-state index < -0.39 is 0 Å². The highest BCUT2D eigenvalue weighted by molar-refractivity contribution is 5.56. The topological polar surface area (TPSA) is 12.5 Å². The molecule has 2 heteroatoms. The number of hydrogen-bond donors (Lipinski definition) is 0. The Morgan fingerprint density at radius 1 is 1.38 bits per heavy atom. The fourth-order valence-corrected chi connectivity index (χ4v) is 2.67. The molecule has 2 atom stereocenters. The molecule has 1 fully saturated rings. The maximum atomic E-state index is 5.93. The molecule has 84 valence electrons. The summed E-state index contributed by atoms with van der Waals surface area (Å²) in [7, 11) is 0. The summed E-state index contributed by atoms with van der Waals surface area (Å²) in [5.74, 6) is 0. The minimum atomic E-state index is 0.371. The molecule has 2 aliphatic rings. The third kappa shape index (κ3) is 1.54. The van der Waals surface area contributed by atoms with Crippen LogP contribution in [0.1, 0.15) is 25.8 Å². The molecule has 0 aromatic heterocycles. The van der Waals surface area contributed by atoms with Gasteiger partial charge in [0.1, 0.15) is 0 Å². The van der Waals surface area contributed by atoms with Crippen molar-refractivity contribution in [1.82, 2.24) is 0 Å². The molecule has 0 radical (unpaired) electrons. The highest BCUT2D eigenvalue weighted by atomic mass is 16.7. The molecule has 2 bridgehead atoms. The van der Waals surface area contributed by atoms with Crippen molar-refractivity contribution in [3.8, 4) is 0 Å². The first-order chi connectivity index (χ1) is 7.74. The van der Waals surface area contributed by atoms with Gasteiger partial charge in [0.05, 0.1) is 17.8 Å². The van der Waals surface area contributed by atoms with E-state index in [0.717, 1.165) is 12.8 Å². The zero-order chi connectivity index (χ0) is 11.1. The average molecular weight is 215 g/mol. The van der Waals surface area contributed by atoms with Gasteiger partial charge in [0.2, 0.25) is 0 Å². The standard InChI is InChI=1S/C14H17NO/c1-10(2)7-12-9-13-8-11-5-3-4-6-14(11)15(12)16-13/h3-7,12-13H,8-9H2,1-2H3/t12-,13+/m0/s1. The SMILES string of the molecule is CC(C)=C[C@H]1C[C@H]2Cc3ccccc3N1O2. The van der Waals surface area contributed by atoms with Crippen LogP contribution in [-0.4, -0.2) is 12.1 Å². The van der Waals surface area contributed by atoms with Crippen molar-refractivity contribution >= 4 is 5.69 Å². The van der Waals surface area contributed by atoms with Gasteiger partial charge >= 0.3 is 0 Å². The van der Waals surface area contributed by atoms with Gasteiger partial charge in [-0.05, 0) is 25.5 Å². The van der Waals surface area contributed by atoms with Gasteiger partial charge in [-0.15, -0.1) is 0 Å². The normalized spacial score (nSPS) is 26.5. The molecule has 2 nitrogen and oxygen atoms in total. The van der Waals surface area contributed by atoms with Crippen LogP contribution in [0.15, 0.2) is 35.9 Å². The quantitative estimate of drug-likeness (QED) is 0.667. The Kier molecular flexibility index (Phi) is 2.25. The molecule has 3 rings (SSSR count). The lowest BCUT2D eigenvalue weighted by atomic mass is 10.0. The number of para-hydroxylation sites is 1. The van der Waals surface area contributed by atoms with Crippen LogP contribution in [0.25, 0.3) is 0 Å². The Bertz CT molecular complexity index is 434. The Morgan fingerprint density at radius 2 is 2.19 bits per heavy atom. The van der Waals surface area contributed by atoms with E-state index in [1.165, 1.54) is 16.8 Å².